The molecule has 0 unspecified atom stereocenters. The second kappa shape index (κ2) is 7.59. The molecule has 1 aromatic carbocycles. The normalized spacial score (nSPS) is 13.0. The van der Waals surface area contributed by atoms with Gasteiger partial charge in [0.15, 0.2) is 0 Å². The monoisotopic (exact) mass is 378 g/mol. The molecule has 1 heterocycles. The Balaban J connectivity index is 2.25. The summed E-state index contributed by atoms with van der Waals surface area (Å²) in [7, 11) is 1.09. The second-order valence-corrected chi connectivity index (χ2v) is 8.63. The molecule has 0 radical (unpaired) electrons. The fourth-order valence-electron chi connectivity index (χ4n) is 2.80. The molecule has 2 rings (SSSR count). The number of sulfonamides is 1. The third-order valence-electron chi connectivity index (χ3n) is 4.60. The predicted octanol–water partition coefficient (Wildman–Crippen LogP) is 1.97. The molecule has 8 heteroatoms. The van der Waals surface area contributed by atoms with Crippen LogP contribution in [0.2, 0.25) is 0 Å². The molecule has 0 saturated heterocycles. The van der Waals surface area contributed by atoms with Gasteiger partial charge in [-0.2, -0.15) is 5.10 Å². The Bertz CT molecular complexity index is 889. The third-order valence-corrected chi connectivity index (χ3v) is 6.66. The molecular formula is C18H26N4O3S. The van der Waals surface area contributed by atoms with E-state index in [2.05, 4.69) is 5.10 Å². The van der Waals surface area contributed by atoms with Crippen molar-refractivity contribution in [1.82, 2.24) is 19.0 Å². The first-order valence-electron chi connectivity index (χ1n) is 8.34. The van der Waals surface area contributed by atoms with Crippen LogP contribution in [0, 0.1) is 13.8 Å². The van der Waals surface area contributed by atoms with Crippen molar-refractivity contribution < 1.29 is 13.2 Å². The smallest absolute Gasteiger partial charge is 0.246 e. The van der Waals surface area contributed by atoms with Crippen molar-refractivity contribution in [1.29, 1.82) is 0 Å². The summed E-state index contributed by atoms with van der Waals surface area (Å²) in [4.78, 5) is 14.5. The molecule has 0 N–H and O–H groups in total. The topological polar surface area (TPSA) is 75.5 Å². The molecule has 0 saturated carbocycles. The highest BCUT2D eigenvalue weighted by atomic mass is 32.2. The van der Waals surface area contributed by atoms with Crippen molar-refractivity contribution >= 4 is 15.9 Å². The fourth-order valence-corrected chi connectivity index (χ4v) is 4.06. The molecule has 0 bridgehead atoms. The minimum atomic E-state index is -3.61. The van der Waals surface area contributed by atoms with Crippen LogP contribution in [0.25, 0.3) is 0 Å². The number of rotatable bonds is 6. The summed E-state index contributed by atoms with van der Waals surface area (Å²) in [5.74, 6) is -0.138. The maximum absolute atomic E-state index is 12.7. The van der Waals surface area contributed by atoms with Gasteiger partial charge in [0.1, 0.15) is 11.4 Å². The highest BCUT2D eigenvalue weighted by Crippen LogP contribution is 2.23. The van der Waals surface area contributed by atoms with Crippen LogP contribution in [-0.2, 0) is 21.4 Å². The molecular weight excluding hydrogens is 352 g/mol. The van der Waals surface area contributed by atoms with Crippen molar-refractivity contribution in [2.75, 3.05) is 21.1 Å². The van der Waals surface area contributed by atoms with Crippen LogP contribution in [0.3, 0.4) is 0 Å². The van der Waals surface area contributed by atoms with Gasteiger partial charge in [0.25, 0.3) is 0 Å². The van der Waals surface area contributed by atoms with Crippen LogP contribution in [-0.4, -0.2) is 54.5 Å². The lowest BCUT2D eigenvalue weighted by Gasteiger charge is -2.25. The summed E-state index contributed by atoms with van der Waals surface area (Å²) in [6.45, 7) is 5.25. The van der Waals surface area contributed by atoms with E-state index in [1.54, 1.807) is 25.8 Å². The molecule has 0 spiro atoms. The van der Waals surface area contributed by atoms with E-state index in [-0.39, 0.29) is 23.4 Å². The van der Waals surface area contributed by atoms with Gasteiger partial charge >= 0.3 is 0 Å². The lowest BCUT2D eigenvalue weighted by Crippen LogP contribution is -2.33. The van der Waals surface area contributed by atoms with E-state index in [1.165, 1.54) is 18.8 Å². The van der Waals surface area contributed by atoms with Gasteiger partial charge in [-0.3, -0.25) is 9.48 Å². The Labute approximate surface area is 155 Å². The number of hydrogen-bond acceptors (Lipinski definition) is 4. The zero-order chi connectivity index (χ0) is 19.6. The molecule has 1 amide bonds. The van der Waals surface area contributed by atoms with Gasteiger partial charge in [-0.1, -0.05) is 30.3 Å². The number of amides is 1. The van der Waals surface area contributed by atoms with Crippen LogP contribution < -0.4 is 0 Å². The van der Waals surface area contributed by atoms with E-state index >= 15 is 0 Å². The Morgan fingerprint density at radius 2 is 1.73 bits per heavy atom. The van der Waals surface area contributed by atoms with Gasteiger partial charge in [-0.05, 0) is 26.3 Å². The summed E-state index contributed by atoms with van der Waals surface area (Å²) in [5, 5.41) is 4.28. The maximum Gasteiger partial charge on any atom is 0.246 e. The molecule has 1 atom stereocenters. The summed E-state index contributed by atoms with van der Waals surface area (Å²) in [6, 6.07) is 9.65. The first kappa shape index (κ1) is 20.1. The fraction of sp³-hybridized carbons (Fsp3) is 0.444. The van der Waals surface area contributed by atoms with Crippen LogP contribution in [0.5, 0.6) is 0 Å². The molecule has 1 aromatic heterocycles. The molecule has 2 aromatic rings. The van der Waals surface area contributed by atoms with Crippen molar-refractivity contribution in [3.63, 3.8) is 0 Å². The summed E-state index contributed by atoms with van der Waals surface area (Å²) < 4.78 is 27.6. The van der Waals surface area contributed by atoms with E-state index in [4.69, 9.17) is 0 Å². The number of carbonyl (C=O) groups excluding carboxylic acids is 1. The van der Waals surface area contributed by atoms with Gasteiger partial charge in [0, 0.05) is 21.1 Å². The first-order chi connectivity index (χ1) is 12.1. The van der Waals surface area contributed by atoms with E-state index in [9.17, 15) is 13.2 Å². The minimum absolute atomic E-state index is 0.0106. The van der Waals surface area contributed by atoms with Crippen molar-refractivity contribution in [3.8, 4) is 0 Å². The summed E-state index contributed by atoms with van der Waals surface area (Å²) in [5.41, 5.74) is 1.89. The standard InChI is InChI=1S/C18H26N4O3S/c1-13-18(26(24,25)20(4)5)15(3)22(19-13)12-17(23)21(6)14(2)16-10-8-7-9-11-16/h7-11,14H,12H2,1-6H3/t14-/m1/s1. The van der Waals surface area contributed by atoms with Crippen molar-refractivity contribution in [2.24, 2.45) is 0 Å². The zero-order valence-electron chi connectivity index (χ0n) is 16.1. The maximum atomic E-state index is 12.7. The van der Waals surface area contributed by atoms with Gasteiger partial charge in [-0.25, -0.2) is 12.7 Å². The SMILES string of the molecule is Cc1nn(CC(=O)N(C)[C@H](C)c2ccccc2)c(C)c1S(=O)(=O)N(C)C. The van der Waals surface area contributed by atoms with Crippen LogP contribution in [0.4, 0.5) is 0 Å². The number of hydrogen-bond donors (Lipinski definition) is 0. The average Bonchev–Trinajstić information content (AvgIpc) is 2.88. The molecule has 142 valence electrons. The van der Waals surface area contributed by atoms with E-state index in [1.807, 2.05) is 37.3 Å². The number of benzene rings is 1. The molecule has 0 aliphatic carbocycles. The Hall–Kier alpha value is -2.19. The van der Waals surface area contributed by atoms with E-state index in [0.717, 1.165) is 9.87 Å². The highest BCUT2D eigenvalue weighted by Gasteiger charge is 2.28. The molecule has 0 aliphatic rings. The Kier molecular flexibility index (Phi) is 5.87. The van der Waals surface area contributed by atoms with Gasteiger partial charge in [0.05, 0.1) is 17.4 Å². The lowest BCUT2D eigenvalue weighted by atomic mass is 10.1. The number of likely N-dealkylation sites (N-methyl/N-ethyl adjacent to an activating group) is 1. The summed E-state index contributed by atoms with van der Waals surface area (Å²) >= 11 is 0. The average molecular weight is 378 g/mol. The van der Waals surface area contributed by atoms with Crippen LogP contribution >= 0.6 is 0 Å². The van der Waals surface area contributed by atoms with Crippen molar-refractivity contribution in [3.05, 3.63) is 47.3 Å². The number of aromatic nitrogens is 2. The quantitative estimate of drug-likeness (QED) is 0.770. The predicted molar refractivity (Wildman–Crippen MR) is 100 cm³/mol. The number of nitrogens with zero attached hydrogens (tertiary/aromatic N) is 4. The largest absolute Gasteiger partial charge is 0.337 e. The van der Waals surface area contributed by atoms with Gasteiger partial charge < -0.3 is 4.90 Å². The highest BCUT2D eigenvalue weighted by molar-refractivity contribution is 7.89. The molecule has 26 heavy (non-hydrogen) atoms. The van der Waals surface area contributed by atoms with Gasteiger partial charge in [-0.15, -0.1) is 0 Å². The lowest BCUT2D eigenvalue weighted by molar-refractivity contribution is -0.132. The van der Waals surface area contributed by atoms with Crippen molar-refractivity contribution in [2.45, 2.75) is 38.3 Å². The third kappa shape index (κ3) is 3.81. The summed E-state index contributed by atoms with van der Waals surface area (Å²) in [6.07, 6.45) is 0. The van der Waals surface area contributed by atoms with Crippen LogP contribution in [0.1, 0.15) is 29.9 Å². The zero-order valence-corrected chi connectivity index (χ0v) is 16.9. The Morgan fingerprint density at radius 3 is 2.27 bits per heavy atom. The second-order valence-electron chi connectivity index (χ2n) is 6.54. The molecule has 0 fully saturated rings. The number of carbonyl (C=O) groups is 1. The van der Waals surface area contributed by atoms with Gasteiger partial charge in [0.2, 0.25) is 15.9 Å². The van der Waals surface area contributed by atoms with E-state index < -0.39 is 10.0 Å². The minimum Gasteiger partial charge on any atom is -0.337 e. The first-order valence-corrected chi connectivity index (χ1v) is 9.78. The number of aryl methyl sites for hydroxylation is 1. The molecule has 0 aliphatic heterocycles. The van der Waals surface area contributed by atoms with Crippen LogP contribution in [0.15, 0.2) is 35.2 Å². The molecule has 7 nitrogen and oxygen atoms in total. The Morgan fingerprint density at radius 1 is 1.15 bits per heavy atom. The van der Waals surface area contributed by atoms with E-state index in [0.29, 0.717) is 11.4 Å².